The second-order valence-electron chi connectivity index (χ2n) is 5.19. The van der Waals surface area contributed by atoms with Crippen molar-refractivity contribution >= 4 is 11.4 Å². The molecule has 1 aromatic rings. The zero-order valence-corrected chi connectivity index (χ0v) is 11.8. The Balaban J connectivity index is 2.80. The van der Waals surface area contributed by atoms with E-state index in [0.717, 1.165) is 0 Å². The minimum atomic E-state index is -0.946. The lowest BCUT2D eigenvalue weighted by atomic mass is 10.1. The summed E-state index contributed by atoms with van der Waals surface area (Å²) in [4.78, 5) is 12.0. The molecule has 0 aliphatic rings. The predicted molar refractivity (Wildman–Crippen MR) is 75.5 cm³/mol. The first kappa shape index (κ1) is 15.9. The summed E-state index contributed by atoms with van der Waals surface area (Å²) in [7, 11) is 3.71. The Bertz CT molecular complexity index is 535. The summed E-state index contributed by atoms with van der Waals surface area (Å²) in [6.45, 7) is 2.43. The highest BCUT2D eigenvalue weighted by atomic mass is 16.6. The molecule has 1 aromatic carbocycles. The number of hydrogen-bond donors (Lipinski definition) is 2. The molecule has 0 saturated carbocycles. The quantitative estimate of drug-likeness (QED) is 0.598. The summed E-state index contributed by atoms with van der Waals surface area (Å²) < 4.78 is 0. The van der Waals surface area contributed by atoms with E-state index in [-0.39, 0.29) is 17.8 Å². The highest BCUT2D eigenvalue weighted by molar-refractivity contribution is 5.58. The average molecular weight is 278 g/mol. The van der Waals surface area contributed by atoms with Gasteiger partial charge < -0.3 is 15.3 Å². The van der Waals surface area contributed by atoms with Crippen LogP contribution in [-0.4, -0.2) is 47.7 Å². The Morgan fingerprint density at radius 1 is 1.55 bits per heavy atom. The summed E-state index contributed by atoms with van der Waals surface area (Å²) >= 11 is 0. The first-order valence-electron chi connectivity index (χ1n) is 6.05. The first-order chi connectivity index (χ1) is 9.25. The maximum Gasteiger partial charge on any atom is 0.287 e. The third kappa shape index (κ3) is 4.50. The van der Waals surface area contributed by atoms with Crippen molar-refractivity contribution in [1.29, 1.82) is 5.26 Å². The molecule has 0 spiro atoms. The Kier molecular flexibility index (Phi) is 5.02. The molecule has 0 radical (unpaired) electrons. The number of aliphatic hydroxyl groups is 1. The van der Waals surface area contributed by atoms with Crippen LogP contribution in [0.3, 0.4) is 0 Å². The second kappa shape index (κ2) is 6.32. The normalized spacial score (nSPS) is 13.6. The van der Waals surface area contributed by atoms with Crippen LogP contribution in [0.4, 0.5) is 11.4 Å². The van der Waals surface area contributed by atoms with Crippen molar-refractivity contribution in [3.8, 4) is 6.07 Å². The number of nitro benzene ring substituents is 1. The van der Waals surface area contributed by atoms with Crippen LogP contribution >= 0.6 is 0 Å². The highest BCUT2D eigenvalue weighted by Crippen LogP contribution is 2.22. The summed E-state index contributed by atoms with van der Waals surface area (Å²) in [6, 6.07) is 6.00. The number of hydrogen-bond acceptors (Lipinski definition) is 6. The van der Waals surface area contributed by atoms with Gasteiger partial charge in [0.1, 0.15) is 11.6 Å². The van der Waals surface area contributed by atoms with Crippen molar-refractivity contribution in [1.82, 2.24) is 4.90 Å². The lowest BCUT2D eigenvalue weighted by Crippen LogP contribution is -2.43. The molecule has 7 heteroatoms. The third-order valence-electron chi connectivity index (χ3n) is 2.64. The number of likely N-dealkylation sites (N-methyl/N-ethyl adjacent to an activating group) is 1. The Morgan fingerprint density at radius 2 is 2.20 bits per heavy atom. The zero-order chi connectivity index (χ0) is 15.3. The summed E-state index contributed by atoms with van der Waals surface area (Å²) in [5.74, 6) is 0. The summed E-state index contributed by atoms with van der Waals surface area (Å²) in [5, 5.41) is 32.7. The van der Waals surface area contributed by atoms with Crippen molar-refractivity contribution in [3.05, 3.63) is 33.9 Å². The van der Waals surface area contributed by atoms with Crippen molar-refractivity contribution < 1.29 is 10.0 Å². The lowest BCUT2D eigenvalue weighted by Gasteiger charge is -2.27. The van der Waals surface area contributed by atoms with E-state index < -0.39 is 10.5 Å². The van der Waals surface area contributed by atoms with Gasteiger partial charge in [0.05, 0.1) is 10.5 Å². The highest BCUT2D eigenvalue weighted by Gasteiger charge is 2.21. The number of rotatable bonds is 6. The maximum atomic E-state index is 10.7. The predicted octanol–water partition coefficient (Wildman–Crippen LogP) is 1.19. The standard InChI is InChI=1S/C13H18N4O3/c1-13(18,9-16(2)3)8-15-11-4-5-12(17(19)20)10(6-11)7-14/h4-6,15,18H,8-9H2,1-3H3. The minimum Gasteiger partial charge on any atom is -0.387 e. The number of nitriles is 1. The fraction of sp³-hybridized carbons (Fsp3) is 0.462. The number of benzene rings is 1. The van der Waals surface area contributed by atoms with Gasteiger partial charge in [-0.15, -0.1) is 0 Å². The van der Waals surface area contributed by atoms with Crippen LogP contribution in [-0.2, 0) is 0 Å². The molecular formula is C13H18N4O3. The van der Waals surface area contributed by atoms with E-state index in [1.807, 2.05) is 19.0 Å². The molecule has 1 rings (SSSR count). The van der Waals surface area contributed by atoms with Gasteiger partial charge >= 0.3 is 0 Å². The minimum absolute atomic E-state index is 0.00717. The number of nitro groups is 1. The number of anilines is 1. The molecule has 0 bridgehead atoms. The van der Waals surface area contributed by atoms with Gasteiger partial charge in [0.15, 0.2) is 0 Å². The fourth-order valence-electron chi connectivity index (χ4n) is 1.92. The molecule has 7 nitrogen and oxygen atoms in total. The largest absolute Gasteiger partial charge is 0.387 e. The third-order valence-corrected chi connectivity index (χ3v) is 2.64. The first-order valence-corrected chi connectivity index (χ1v) is 6.05. The molecule has 0 amide bonds. The van der Waals surface area contributed by atoms with Crippen LogP contribution in [0.25, 0.3) is 0 Å². The van der Waals surface area contributed by atoms with E-state index in [9.17, 15) is 15.2 Å². The topological polar surface area (TPSA) is 102 Å². The molecule has 1 atom stereocenters. The molecule has 0 aliphatic heterocycles. The molecular weight excluding hydrogens is 260 g/mol. The molecule has 0 saturated heterocycles. The molecule has 20 heavy (non-hydrogen) atoms. The van der Waals surface area contributed by atoms with Gasteiger partial charge in [-0.05, 0) is 33.2 Å². The fourth-order valence-corrected chi connectivity index (χ4v) is 1.92. The average Bonchev–Trinajstić information content (AvgIpc) is 2.34. The molecule has 1 unspecified atom stereocenters. The maximum absolute atomic E-state index is 10.7. The Labute approximate surface area is 117 Å². The Morgan fingerprint density at radius 3 is 2.70 bits per heavy atom. The summed E-state index contributed by atoms with van der Waals surface area (Å²) in [6.07, 6.45) is 0. The van der Waals surface area contributed by atoms with Gasteiger partial charge in [-0.25, -0.2) is 0 Å². The van der Waals surface area contributed by atoms with Crippen LogP contribution in [0.1, 0.15) is 12.5 Å². The van der Waals surface area contributed by atoms with E-state index in [1.54, 1.807) is 13.0 Å². The molecule has 0 fully saturated rings. The van der Waals surface area contributed by atoms with Crippen molar-refractivity contribution in [3.63, 3.8) is 0 Å². The molecule has 108 valence electrons. The smallest absolute Gasteiger partial charge is 0.287 e. The van der Waals surface area contributed by atoms with Gasteiger partial charge in [0, 0.05) is 24.8 Å². The van der Waals surface area contributed by atoms with Crippen molar-refractivity contribution in [2.75, 3.05) is 32.5 Å². The van der Waals surface area contributed by atoms with E-state index in [1.165, 1.54) is 18.2 Å². The molecule has 2 N–H and O–H groups in total. The van der Waals surface area contributed by atoms with Gasteiger partial charge in [-0.1, -0.05) is 0 Å². The van der Waals surface area contributed by atoms with Crippen LogP contribution < -0.4 is 5.32 Å². The van der Waals surface area contributed by atoms with E-state index in [2.05, 4.69) is 5.32 Å². The van der Waals surface area contributed by atoms with Crippen LogP contribution in [0.15, 0.2) is 18.2 Å². The van der Waals surface area contributed by atoms with E-state index in [0.29, 0.717) is 12.2 Å². The van der Waals surface area contributed by atoms with Crippen LogP contribution in [0.2, 0.25) is 0 Å². The SMILES string of the molecule is CN(C)CC(C)(O)CNc1ccc([N+](=O)[O-])c(C#N)c1. The molecule has 0 heterocycles. The number of nitrogens with zero attached hydrogens (tertiary/aromatic N) is 3. The zero-order valence-electron chi connectivity index (χ0n) is 11.8. The molecule has 0 aliphatic carbocycles. The van der Waals surface area contributed by atoms with Crippen molar-refractivity contribution in [2.24, 2.45) is 0 Å². The van der Waals surface area contributed by atoms with E-state index >= 15 is 0 Å². The Hall–Kier alpha value is -2.17. The van der Waals surface area contributed by atoms with Crippen LogP contribution in [0.5, 0.6) is 0 Å². The monoisotopic (exact) mass is 278 g/mol. The molecule has 0 aromatic heterocycles. The van der Waals surface area contributed by atoms with Crippen molar-refractivity contribution in [2.45, 2.75) is 12.5 Å². The van der Waals surface area contributed by atoms with E-state index in [4.69, 9.17) is 5.26 Å². The lowest BCUT2D eigenvalue weighted by molar-refractivity contribution is -0.385. The number of nitrogens with one attached hydrogen (secondary N) is 1. The van der Waals surface area contributed by atoms with Gasteiger partial charge in [-0.3, -0.25) is 10.1 Å². The second-order valence-corrected chi connectivity index (χ2v) is 5.19. The summed E-state index contributed by atoms with van der Waals surface area (Å²) in [5.41, 5.74) is -0.616. The van der Waals surface area contributed by atoms with Gasteiger partial charge in [0.2, 0.25) is 0 Å². The van der Waals surface area contributed by atoms with Gasteiger partial charge in [-0.2, -0.15) is 5.26 Å². The van der Waals surface area contributed by atoms with Gasteiger partial charge in [0.25, 0.3) is 5.69 Å². The van der Waals surface area contributed by atoms with Crippen LogP contribution in [0, 0.1) is 21.4 Å².